The summed E-state index contributed by atoms with van der Waals surface area (Å²) in [5, 5.41) is 6.15. The van der Waals surface area contributed by atoms with Gasteiger partial charge in [0, 0.05) is 0 Å². The van der Waals surface area contributed by atoms with Gasteiger partial charge in [0.05, 0.1) is 0 Å². The number of hydrogen-bond acceptors (Lipinski definition) is 0. The van der Waals surface area contributed by atoms with Crippen molar-refractivity contribution in [2.45, 2.75) is 138 Å². The van der Waals surface area contributed by atoms with Crippen LogP contribution in [0.3, 0.4) is 0 Å². The van der Waals surface area contributed by atoms with E-state index in [2.05, 4.69) is 308 Å². The first-order valence-corrected chi connectivity index (χ1v) is 39.9. The van der Waals surface area contributed by atoms with Crippen LogP contribution in [-0.2, 0) is 46.0 Å². The second kappa shape index (κ2) is 31.8. The van der Waals surface area contributed by atoms with Crippen molar-refractivity contribution in [3.05, 3.63) is 215 Å². The van der Waals surface area contributed by atoms with Gasteiger partial charge in [0.25, 0.3) is 0 Å². The molecule has 6 heteroatoms. The van der Waals surface area contributed by atoms with Crippen LogP contribution in [0.15, 0.2) is 190 Å². The molecule has 0 bridgehead atoms. The van der Waals surface area contributed by atoms with Gasteiger partial charge in [0.1, 0.15) is 0 Å². The molecule has 0 amide bonds. The number of rotatable bonds is 4. The van der Waals surface area contributed by atoms with Crippen molar-refractivity contribution in [3.8, 4) is 0 Å². The van der Waals surface area contributed by atoms with E-state index in [1.165, 1.54) is 111 Å². The first-order valence-electron chi connectivity index (χ1n) is 26.1. The molecule has 4 unspecified atom stereocenters. The zero-order valence-electron chi connectivity index (χ0n) is 48.9. The van der Waals surface area contributed by atoms with Gasteiger partial charge in [-0.05, 0) is 0 Å². The topological polar surface area (TPSA) is 0 Å². The Bertz CT molecular complexity index is 2280. The summed E-state index contributed by atoms with van der Waals surface area (Å²) in [7, 11) is 0. The van der Waals surface area contributed by atoms with Crippen molar-refractivity contribution in [3.63, 3.8) is 0 Å². The molecular formula is C68H88Cl2Hf2Si2-2. The Morgan fingerprint density at radius 1 is 0.311 bits per heavy atom. The Balaban J connectivity index is 0.000000443. The van der Waals surface area contributed by atoms with Crippen molar-refractivity contribution in [1.82, 2.24) is 0 Å². The van der Waals surface area contributed by atoms with Gasteiger partial charge >= 0.3 is 199 Å². The van der Waals surface area contributed by atoms with Crippen molar-refractivity contribution < 1.29 is 70.8 Å². The van der Waals surface area contributed by atoms with E-state index in [0.717, 1.165) is 0 Å². The molecule has 0 saturated heterocycles. The van der Waals surface area contributed by atoms with Crippen molar-refractivity contribution in [1.29, 1.82) is 0 Å². The SMILES string of the molecule is CC1=[C-]C(C)C=C1C(C)(C)C.CC1=[C-]C(C)C=C1C(C)(C)C.CC1=[C-]C(C)C=C1C(C)(C)C.CC1=[C-]C(C)C=C1C(C)(C)C.[Cl-].[Cl-].[Hf+2]=[Si](c1ccccc1)c1ccccc1.[Hf+2]=[Si](c1ccccc1)c1ccccc1. The van der Waals surface area contributed by atoms with Crippen LogP contribution >= 0.6 is 0 Å². The molecule has 8 rings (SSSR count). The standard InChI is InChI=1S/2C12H10Si.4C11H17.2ClH.2Hf/c2*1-3-7-11(8-4-1)13-12-9-5-2-6-10-12;4*1-8-6-9(2)10(7-8)11(3,4)5;;;;/h2*1-10H;4*7-8H,1-5H3;2*1H;;/q;;4*-1;;;2*+2/p-2. The Morgan fingerprint density at radius 3 is 0.554 bits per heavy atom. The molecule has 4 atom stereocenters. The maximum atomic E-state index is 3.40. The van der Waals surface area contributed by atoms with Gasteiger partial charge < -0.3 is 24.8 Å². The quantitative estimate of drug-likeness (QED) is 0.141. The van der Waals surface area contributed by atoms with E-state index in [9.17, 15) is 0 Å². The summed E-state index contributed by atoms with van der Waals surface area (Å²) in [6.07, 6.45) is 22.8. The summed E-state index contributed by atoms with van der Waals surface area (Å²) in [4.78, 5) is 0. The van der Waals surface area contributed by atoms with Gasteiger partial charge in [-0.25, -0.2) is 22.3 Å². The summed E-state index contributed by atoms with van der Waals surface area (Å²) in [5.74, 6) is 2.07. The zero-order valence-corrected chi connectivity index (χ0v) is 59.6. The number of hydrogen-bond donors (Lipinski definition) is 0. The van der Waals surface area contributed by atoms with E-state index in [1.807, 2.05) is 0 Å². The molecule has 0 N–H and O–H groups in total. The van der Waals surface area contributed by atoms with Gasteiger partial charge in [-0.1, -0.05) is 184 Å². The van der Waals surface area contributed by atoms with Crippen LogP contribution in [0.4, 0.5) is 0 Å². The average molecular weight is 1390 g/mol. The maximum absolute atomic E-state index is 3.40. The minimum absolute atomic E-state index is 0. The number of allylic oxidation sites excluding steroid dienone is 16. The van der Waals surface area contributed by atoms with E-state index >= 15 is 0 Å². The number of benzene rings is 4. The third kappa shape index (κ3) is 23.7. The summed E-state index contributed by atoms with van der Waals surface area (Å²) >= 11 is 2.53. The molecule has 0 fully saturated rings. The molecule has 392 valence electrons. The second-order valence-electron chi connectivity index (χ2n) is 23.8. The van der Waals surface area contributed by atoms with Crippen molar-refractivity contribution >= 4 is 31.7 Å². The molecule has 0 aliphatic heterocycles. The molecule has 0 aromatic heterocycles. The molecular weight excluding hydrogens is 1300 g/mol. The molecule has 4 aromatic carbocycles. The van der Waals surface area contributed by atoms with E-state index in [-0.39, 0.29) is 24.8 Å². The van der Waals surface area contributed by atoms with Crippen LogP contribution in [-0.4, -0.2) is 11.0 Å². The van der Waals surface area contributed by atoms with Gasteiger partial charge in [-0.3, -0.25) is 24.3 Å². The molecule has 0 heterocycles. The summed E-state index contributed by atoms with van der Waals surface area (Å²) < 4.78 is 0. The Morgan fingerprint density at radius 2 is 0.459 bits per heavy atom. The first-order chi connectivity index (χ1) is 33.4. The molecule has 4 aromatic rings. The van der Waals surface area contributed by atoms with Gasteiger partial charge in [0.2, 0.25) is 0 Å². The van der Waals surface area contributed by atoms with Crippen LogP contribution in [0.2, 0.25) is 0 Å². The van der Waals surface area contributed by atoms with Gasteiger partial charge in [-0.2, -0.15) is 46.6 Å². The van der Waals surface area contributed by atoms with Gasteiger partial charge in [0.15, 0.2) is 0 Å². The van der Waals surface area contributed by atoms with Crippen LogP contribution in [0, 0.1) is 69.6 Å². The Kier molecular flexibility index (Phi) is 29.9. The van der Waals surface area contributed by atoms with E-state index in [0.29, 0.717) is 45.3 Å². The van der Waals surface area contributed by atoms with E-state index < -0.39 is 11.0 Å². The molecule has 74 heavy (non-hydrogen) atoms. The second-order valence-corrected chi connectivity index (χ2v) is 38.4. The van der Waals surface area contributed by atoms with Crippen LogP contribution < -0.4 is 45.6 Å². The predicted octanol–water partition coefficient (Wildman–Crippen LogP) is 10.1. The first kappa shape index (κ1) is 69.6. The number of halogens is 2. The van der Waals surface area contributed by atoms with Crippen LogP contribution in [0.25, 0.3) is 0 Å². The summed E-state index contributed by atoms with van der Waals surface area (Å²) in [6, 6.07) is 43.5. The van der Waals surface area contributed by atoms with Crippen molar-refractivity contribution in [2.75, 3.05) is 0 Å². The normalized spacial score (nSPS) is 18.6. The molecule has 0 spiro atoms. The van der Waals surface area contributed by atoms with Crippen molar-refractivity contribution in [2.24, 2.45) is 45.3 Å². The molecule has 4 aliphatic rings. The zero-order chi connectivity index (χ0) is 54.2. The average Bonchev–Trinajstić information content (AvgIpc) is 4.07. The van der Waals surface area contributed by atoms with Gasteiger partial charge in [-0.15, -0.1) is 0 Å². The van der Waals surface area contributed by atoms with E-state index in [1.54, 1.807) is 0 Å². The fourth-order valence-electron chi connectivity index (χ4n) is 9.35. The Hall–Kier alpha value is -2.45. The molecule has 0 radical (unpaired) electrons. The summed E-state index contributed by atoms with van der Waals surface area (Å²) in [5.41, 5.74) is 11.6. The third-order valence-corrected chi connectivity index (χ3v) is 28.6. The molecule has 0 nitrogen and oxygen atoms in total. The summed E-state index contributed by atoms with van der Waals surface area (Å²) in [6.45, 7) is 44.4. The fraction of sp³-hybridized carbons (Fsp3) is 0.412. The van der Waals surface area contributed by atoms with Crippen LogP contribution in [0.1, 0.15) is 138 Å². The Labute approximate surface area is 496 Å². The predicted molar refractivity (Wildman–Crippen MR) is 312 cm³/mol. The molecule has 4 aliphatic carbocycles. The monoisotopic (exact) mass is 1390 g/mol. The third-order valence-electron chi connectivity index (χ3n) is 12.5. The fourth-order valence-corrected chi connectivity index (χ4v) is 19.3. The van der Waals surface area contributed by atoms with E-state index in [4.69, 9.17) is 0 Å². The van der Waals surface area contributed by atoms with Crippen LogP contribution in [0.5, 0.6) is 0 Å². The molecule has 0 saturated carbocycles. The minimum atomic E-state index is -0.406.